The number of hydrogen-bond acceptors (Lipinski definition) is 4. The third-order valence-electron chi connectivity index (χ3n) is 7.79. The van der Waals surface area contributed by atoms with Crippen LogP contribution in [0.4, 0.5) is 11.4 Å². The molecule has 3 aromatic carbocycles. The number of likely N-dealkylation sites (tertiary alicyclic amines) is 1. The van der Waals surface area contributed by atoms with Gasteiger partial charge in [-0.1, -0.05) is 55.5 Å². The van der Waals surface area contributed by atoms with Gasteiger partial charge in [0.2, 0.25) is 0 Å². The van der Waals surface area contributed by atoms with E-state index < -0.39 is 0 Å². The number of anilines is 2. The molecule has 0 unspecified atom stereocenters. The van der Waals surface area contributed by atoms with Crippen LogP contribution in [0.25, 0.3) is 11.1 Å². The number of hydrogen-bond donors (Lipinski definition) is 3. The van der Waals surface area contributed by atoms with Crippen LogP contribution in [0, 0.1) is 0 Å². The van der Waals surface area contributed by atoms with E-state index in [9.17, 15) is 4.79 Å². The van der Waals surface area contributed by atoms with Crippen LogP contribution in [0.1, 0.15) is 54.4 Å². The highest BCUT2D eigenvalue weighted by atomic mass is 16.1. The first-order chi connectivity index (χ1) is 16.9. The van der Waals surface area contributed by atoms with Gasteiger partial charge in [-0.05, 0) is 81.2 Å². The van der Waals surface area contributed by atoms with E-state index in [1.54, 1.807) is 0 Å². The monoisotopic (exact) mass is 468 g/mol. The Morgan fingerprint density at radius 1 is 1.03 bits per heavy atom. The number of nitrogens with two attached hydrogens (primary N) is 1. The Morgan fingerprint density at radius 2 is 1.74 bits per heavy atom. The summed E-state index contributed by atoms with van der Waals surface area (Å²) in [6.07, 6.45) is 4.21. The Morgan fingerprint density at radius 3 is 2.40 bits per heavy atom. The van der Waals surface area contributed by atoms with Crippen molar-refractivity contribution in [2.45, 2.75) is 50.1 Å². The van der Waals surface area contributed by atoms with Crippen molar-refractivity contribution in [2.75, 3.05) is 30.8 Å². The van der Waals surface area contributed by atoms with Gasteiger partial charge in [-0.25, -0.2) is 0 Å². The van der Waals surface area contributed by atoms with Gasteiger partial charge >= 0.3 is 0 Å². The van der Waals surface area contributed by atoms with Gasteiger partial charge in [0.25, 0.3) is 5.91 Å². The molecule has 35 heavy (non-hydrogen) atoms. The molecule has 1 aliphatic carbocycles. The van der Waals surface area contributed by atoms with Gasteiger partial charge in [-0.2, -0.15) is 0 Å². The largest absolute Gasteiger partial charge is 0.382 e. The summed E-state index contributed by atoms with van der Waals surface area (Å²) in [6.45, 7) is 4.31. The molecule has 1 heterocycles. The number of benzene rings is 3. The van der Waals surface area contributed by atoms with E-state index in [2.05, 4.69) is 72.0 Å². The van der Waals surface area contributed by atoms with E-state index in [4.69, 9.17) is 5.73 Å². The van der Waals surface area contributed by atoms with Crippen LogP contribution in [-0.4, -0.2) is 42.5 Å². The van der Waals surface area contributed by atoms with Crippen LogP contribution < -0.4 is 16.4 Å². The standard InChI is InChI=1S/C30H36N4O/c1-3-30(31)20-27(30)22-9-12-24(13-10-22)33-29(35)23-11-14-26(21-7-5-4-6-8-21)28(19-23)32-25-15-17-34(2)18-16-25/h4-14,19,25,27,32H,3,15-18,20,31H2,1-2H3,(H,33,35)/t27-,30-/m0/s1. The number of nitrogens with zero attached hydrogens (tertiary/aromatic N) is 1. The number of nitrogens with one attached hydrogen (secondary N) is 2. The second-order valence-corrected chi connectivity index (χ2v) is 10.3. The zero-order valence-corrected chi connectivity index (χ0v) is 20.8. The third kappa shape index (κ3) is 5.26. The van der Waals surface area contributed by atoms with Crippen LogP contribution in [0.5, 0.6) is 0 Å². The van der Waals surface area contributed by atoms with E-state index in [0.717, 1.165) is 61.3 Å². The van der Waals surface area contributed by atoms with E-state index >= 15 is 0 Å². The number of carbonyl (C=O) groups is 1. The minimum atomic E-state index is -0.100. The second kappa shape index (κ2) is 9.84. The minimum absolute atomic E-state index is 0.0532. The molecular formula is C30H36N4O. The molecule has 2 aliphatic rings. The predicted molar refractivity (Wildman–Crippen MR) is 145 cm³/mol. The molecular weight excluding hydrogens is 432 g/mol. The van der Waals surface area contributed by atoms with Crippen molar-refractivity contribution in [3.8, 4) is 11.1 Å². The van der Waals surface area contributed by atoms with Crippen molar-refractivity contribution in [3.05, 3.63) is 83.9 Å². The van der Waals surface area contributed by atoms with E-state index in [-0.39, 0.29) is 11.4 Å². The summed E-state index contributed by atoms with van der Waals surface area (Å²) in [5.74, 6) is 0.327. The molecule has 1 aliphatic heterocycles. The fourth-order valence-electron chi connectivity index (χ4n) is 5.21. The molecule has 0 radical (unpaired) electrons. The number of amides is 1. The summed E-state index contributed by atoms with van der Waals surface area (Å²) < 4.78 is 0. The van der Waals surface area contributed by atoms with Crippen molar-refractivity contribution in [1.29, 1.82) is 0 Å². The summed E-state index contributed by atoms with van der Waals surface area (Å²) in [6, 6.07) is 24.9. The predicted octanol–water partition coefficient (Wildman–Crippen LogP) is 5.71. The van der Waals surface area contributed by atoms with Gasteiger partial charge in [0, 0.05) is 40.0 Å². The van der Waals surface area contributed by atoms with Gasteiger partial charge in [-0.15, -0.1) is 0 Å². The Bertz CT molecular complexity index is 1170. The molecule has 4 N–H and O–H groups in total. The normalized spacial score (nSPS) is 22.5. The lowest BCUT2D eigenvalue weighted by Gasteiger charge is -2.31. The van der Waals surface area contributed by atoms with Crippen LogP contribution in [0.15, 0.2) is 72.8 Å². The highest BCUT2D eigenvalue weighted by Gasteiger charge is 2.49. The molecule has 1 amide bonds. The summed E-state index contributed by atoms with van der Waals surface area (Å²) >= 11 is 0. The molecule has 0 spiro atoms. The first kappa shape index (κ1) is 23.6. The van der Waals surface area contributed by atoms with Crippen LogP contribution >= 0.6 is 0 Å². The molecule has 2 fully saturated rings. The fourth-order valence-corrected chi connectivity index (χ4v) is 5.21. The van der Waals surface area contributed by atoms with Gasteiger partial charge in [-0.3, -0.25) is 4.79 Å². The molecule has 2 atom stereocenters. The summed E-state index contributed by atoms with van der Waals surface area (Å²) in [4.78, 5) is 15.5. The van der Waals surface area contributed by atoms with Crippen molar-refractivity contribution in [3.63, 3.8) is 0 Å². The van der Waals surface area contributed by atoms with Crippen molar-refractivity contribution in [1.82, 2.24) is 4.90 Å². The summed E-state index contributed by atoms with van der Waals surface area (Å²) in [5.41, 5.74) is 12.3. The van der Waals surface area contributed by atoms with Gasteiger partial charge in [0.15, 0.2) is 0 Å². The molecule has 1 saturated carbocycles. The molecule has 5 heteroatoms. The van der Waals surface area contributed by atoms with Crippen LogP contribution in [0.2, 0.25) is 0 Å². The Labute approximate surface area is 208 Å². The molecule has 5 nitrogen and oxygen atoms in total. The molecule has 0 aromatic heterocycles. The SMILES string of the molecule is CC[C@]1(N)C[C@H]1c1ccc(NC(=O)c2ccc(-c3ccccc3)c(NC3CCN(C)CC3)c2)cc1. The molecule has 1 saturated heterocycles. The summed E-state index contributed by atoms with van der Waals surface area (Å²) in [5, 5.41) is 6.82. The summed E-state index contributed by atoms with van der Waals surface area (Å²) in [7, 11) is 2.17. The number of piperidine rings is 1. The van der Waals surface area contributed by atoms with E-state index in [0.29, 0.717) is 17.5 Å². The van der Waals surface area contributed by atoms with Gasteiger partial charge < -0.3 is 21.3 Å². The fraction of sp³-hybridized carbons (Fsp3) is 0.367. The second-order valence-electron chi connectivity index (χ2n) is 10.3. The topological polar surface area (TPSA) is 70.4 Å². The quantitative estimate of drug-likeness (QED) is 0.416. The van der Waals surface area contributed by atoms with Crippen molar-refractivity contribution >= 4 is 17.3 Å². The smallest absolute Gasteiger partial charge is 0.255 e. The first-order valence-corrected chi connectivity index (χ1v) is 12.8. The Balaban J connectivity index is 1.34. The molecule has 5 rings (SSSR count). The van der Waals surface area contributed by atoms with E-state index in [1.165, 1.54) is 5.56 Å². The highest BCUT2D eigenvalue weighted by Crippen LogP contribution is 2.51. The molecule has 182 valence electrons. The van der Waals surface area contributed by atoms with Crippen molar-refractivity contribution < 1.29 is 4.79 Å². The number of rotatable bonds is 7. The average Bonchev–Trinajstić information content (AvgIpc) is 3.58. The van der Waals surface area contributed by atoms with Crippen LogP contribution in [0.3, 0.4) is 0 Å². The highest BCUT2D eigenvalue weighted by molar-refractivity contribution is 6.05. The maximum atomic E-state index is 13.2. The average molecular weight is 469 g/mol. The molecule has 3 aromatic rings. The lowest BCUT2D eigenvalue weighted by atomic mass is 9.98. The first-order valence-electron chi connectivity index (χ1n) is 12.8. The van der Waals surface area contributed by atoms with Gasteiger partial charge in [0.05, 0.1) is 0 Å². The Hall–Kier alpha value is -3.15. The lowest BCUT2D eigenvalue weighted by Crippen LogP contribution is -2.36. The zero-order valence-electron chi connectivity index (χ0n) is 20.8. The van der Waals surface area contributed by atoms with E-state index in [1.807, 2.05) is 30.3 Å². The molecule has 0 bridgehead atoms. The minimum Gasteiger partial charge on any atom is -0.382 e. The van der Waals surface area contributed by atoms with Crippen molar-refractivity contribution in [2.24, 2.45) is 5.73 Å². The third-order valence-corrected chi connectivity index (χ3v) is 7.79. The maximum Gasteiger partial charge on any atom is 0.255 e. The van der Waals surface area contributed by atoms with Crippen LogP contribution in [-0.2, 0) is 0 Å². The number of carbonyl (C=O) groups excluding carboxylic acids is 1. The maximum absolute atomic E-state index is 13.2. The lowest BCUT2D eigenvalue weighted by molar-refractivity contribution is 0.102. The van der Waals surface area contributed by atoms with Gasteiger partial charge in [0.1, 0.15) is 0 Å². The Kier molecular flexibility index (Phi) is 6.63. The zero-order chi connectivity index (χ0) is 24.4.